The SMILES string of the molecule is Cc1cc(NC(=O)COC(=O)c2ccc3c(c2)C(=O)N(Cc2ccccc2)C3=O)no1. The number of hydrogen-bond donors (Lipinski definition) is 1. The molecule has 156 valence electrons. The second kappa shape index (κ2) is 8.23. The van der Waals surface area contributed by atoms with Gasteiger partial charge in [-0.05, 0) is 30.7 Å². The lowest BCUT2D eigenvalue weighted by atomic mass is 10.1. The third kappa shape index (κ3) is 4.20. The van der Waals surface area contributed by atoms with E-state index in [1.54, 1.807) is 6.92 Å². The van der Waals surface area contributed by atoms with Crippen LogP contribution in [0.3, 0.4) is 0 Å². The summed E-state index contributed by atoms with van der Waals surface area (Å²) in [6, 6.07) is 14.7. The summed E-state index contributed by atoms with van der Waals surface area (Å²) in [7, 11) is 0. The molecular weight excluding hydrogens is 402 g/mol. The van der Waals surface area contributed by atoms with Crippen molar-refractivity contribution in [1.82, 2.24) is 10.1 Å². The number of anilines is 1. The summed E-state index contributed by atoms with van der Waals surface area (Å²) in [6.07, 6.45) is 0. The summed E-state index contributed by atoms with van der Waals surface area (Å²) in [6.45, 7) is 1.26. The standard InChI is InChI=1S/C22H17N3O6/c1-13-9-18(24-31-13)23-19(26)12-30-22(29)15-7-8-16-17(10-15)21(28)25(20(16)27)11-14-5-3-2-4-6-14/h2-10H,11-12H2,1H3,(H,23,24,26). The fourth-order valence-corrected chi connectivity index (χ4v) is 3.15. The topological polar surface area (TPSA) is 119 Å². The molecule has 1 aliphatic heterocycles. The van der Waals surface area contributed by atoms with Crippen LogP contribution >= 0.6 is 0 Å². The first kappa shape index (κ1) is 20.0. The molecule has 9 heteroatoms. The second-order valence-electron chi connectivity index (χ2n) is 6.89. The Morgan fingerprint density at radius 2 is 1.77 bits per heavy atom. The van der Waals surface area contributed by atoms with Crippen molar-refractivity contribution in [2.24, 2.45) is 0 Å². The number of aryl methyl sites for hydroxylation is 1. The van der Waals surface area contributed by atoms with E-state index in [9.17, 15) is 19.2 Å². The molecule has 0 atom stereocenters. The Hall–Kier alpha value is -4.27. The molecular formula is C22H17N3O6. The molecule has 2 heterocycles. The van der Waals surface area contributed by atoms with Gasteiger partial charge in [0, 0.05) is 6.07 Å². The van der Waals surface area contributed by atoms with Gasteiger partial charge in [0.15, 0.2) is 12.4 Å². The number of fused-ring (bicyclic) bond motifs is 1. The van der Waals surface area contributed by atoms with Crippen molar-refractivity contribution in [2.75, 3.05) is 11.9 Å². The molecule has 1 aliphatic rings. The molecule has 2 aromatic carbocycles. The lowest BCUT2D eigenvalue weighted by Gasteiger charge is -2.13. The van der Waals surface area contributed by atoms with Crippen LogP contribution in [-0.2, 0) is 16.1 Å². The van der Waals surface area contributed by atoms with Gasteiger partial charge in [-0.3, -0.25) is 19.3 Å². The molecule has 0 unspecified atom stereocenters. The van der Waals surface area contributed by atoms with Crippen molar-refractivity contribution in [2.45, 2.75) is 13.5 Å². The predicted molar refractivity (Wildman–Crippen MR) is 107 cm³/mol. The average Bonchev–Trinajstić information content (AvgIpc) is 3.28. The number of rotatable bonds is 6. The van der Waals surface area contributed by atoms with E-state index in [0.29, 0.717) is 5.76 Å². The molecule has 3 aromatic rings. The van der Waals surface area contributed by atoms with E-state index in [2.05, 4.69) is 10.5 Å². The molecule has 31 heavy (non-hydrogen) atoms. The van der Waals surface area contributed by atoms with E-state index < -0.39 is 30.3 Å². The maximum atomic E-state index is 12.7. The number of imide groups is 1. The van der Waals surface area contributed by atoms with Crippen LogP contribution in [0.25, 0.3) is 0 Å². The van der Waals surface area contributed by atoms with Crippen LogP contribution < -0.4 is 5.32 Å². The molecule has 0 spiro atoms. The maximum Gasteiger partial charge on any atom is 0.338 e. The second-order valence-corrected chi connectivity index (χ2v) is 6.89. The number of nitrogens with one attached hydrogen (secondary N) is 1. The molecule has 4 rings (SSSR count). The highest BCUT2D eigenvalue weighted by molar-refractivity contribution is 6.21. The van der Waals surface area contributed by atoms with Crippen molar-refractivity contribution in [3.8, 4) is 0 Å². The largest absolute Gasteiger partial charge is 0.452 e. The van der Waals surface area contributed by atoms with Crippen molar-refractivity contribution in [3.63, 3.8) is 0 Å². The van der Waals surface area contributed by atoms with Gasteiger partial charge in [-0.15, -0.1) is 0 Å². The third-order valence-electron chi connectivity index (χ3n) is 4.62. The maximum absolute atomic E-state index is 12.7. The lowest BCUT2D eigenvalue weighted by molar-refractivity contribution is -0.119. The van der Waals surface area contributed by atoms with Gasteiger partial charge >= 0.3 is 5.97 Å². The van der Waals surface area contributed by atoms with Crippen molar-refractivity contribution in [1.29, 1.82) is 0 Å². The normalized spacial score (nSPS) is 12.6. The Balaban J connectivity index is 1.41. The number of nitrogens with zero attached hydrogens (tertiary/aromatic N) is 2. The summed E-state index contributed by atoms with van der Waals surface area (Å²) in [5, 5.41) is 6.04. The highest BCUT2D eigenvalue weighted by Crippen LogP contribution is 2.26. The molecule has 1 N–H and O–H groups in total. The number of amides is 3. The number of carbonyl (C=O) groups excluding carboxylic acids is 4. The minimum atomic E-state index is -0.795. The van der Waals surface area contributed by atoms with Crippen LogP contribution in [0.15, 0.2) is 59.1 Å². The minimum absolute atomic E-state index is 0.0616. The fraction of sp³-hybridized carbons (Fsp3) is 0.136. The highest BCUT2D eigenvalue weighted by atomic mass is 16.5. The van der Waals surface area contributed by atoms with Crippen LogP contribution in [0.2, 0.25) is 0 Å². The van der Waals surface area contributed by atoms with Crippen molar-refractivity contribution >= 4 is 29.5 Å². The summed E-state index contributed by atoms with van der Waals surface area (Å²) >= 11 is 0. The molecule has 0 bridgehead atoms. The summed E-state index contributed by atoms with van der Waals surface area (Å²) in [5.74, 6) is -1.58. The van der Waals surface area contributed by atoms with Crippen molar-refractivity contribution < 1.29 is 28.4 Å². The number of ether oxygens (including phenoxy) is 1. The van der Waals surface area contributed by atoms with Crippen LogP contribution in [-0.4, -0.2) is 40.4 Å². The Labute approximate surface area is 176 Å². The number of esters is 1. The summed E-state index contributed by atoms with van der Waals surface area (Å²) in [5.41, 5.74) is 1.21. The molecule has 1 aromatic heterocycles. The van der Waals surface area contributed by atoms with E-state index in [1.165, 1.54) is 24.3 Å². The Morgan fingerprint density at radius 3 is 2.48 bits per heavy atom. The quantitative estimate of drug-likeness (QED) is 0.482. The Morgan fingerprint density at radius 1 is 1.03 bits per heavy atom. The van der Waals surface area contributed by atoms with E-state index in [-0.39, 0.29) is 29.1 Å². The molecule has 9 nitrogen and oxygen atoms in total. The average molecular weight is 419 g/mol. The summed E-state index contributed by atoms with van der Waals surface area (Å²) < 4.78 is 9.83. The molecule has 0 aliphatic carbocycles. The summed E-state index contributed by atoms with van der Waals surface area (Å²) in [4.78, 5) is 50.7. The molecule has 0 saturated carbocycles. The minimum Gasteiger partial charge on any atom is -0.452 e. The van der Waals surface area contributed by atoms with Gasteiger partial charge in [0.2, 0.25) is 0 Å². The fourth-order valence-electron chi connectivity index (χ4n) is 3.15. The van der Waals surface area contributed by atoms with E-state index in [1.807, 2.05) is 30.3 Å². The molecule has 0 radical (unpaired) electrons. The highest BCUT2D eigenvalue weighted by Gasteiger charge is 2.36. The van der Waals surface area contributed by atoms with Gasteiger partial charge in [-0.1, -0.05) is 35.5 Å². The van der Waals surface area contributed by atoms with E-state index >= 15 is 0 Å². The number of carbonyl (C=O) groups is 4. The smallest absolute Gasteiger partial charge is 0.338 e. The van der Waals surface area contributed by atoms with E-state index in [4.69, 9.17) is 9.26 Å². The zero-order valence-electron chi connectivity index (χ0n) is 16.5. The van der Waals surface area contributed by atoms with Crippen molar-refractivity contribution in [3.05, 3.63) is 82.6 Å². The van der Waals surface area contributed by atoms with Gasteiger partial charge in [0.1, 0.15) is 5.76 Å². The first-order valence-electron chi connectivity index (χ1n) is 9.37. The number of hydrogen-bond acceptors (Lipinski definition) is 7. The lowest BCUT2D eigenvalue weighted by Crippen LogP contribution is -2.29. The molecule has 0 fully saturated rings. The van der Waals surface area contributed by atoms with E-state index in [0.717, 1.165) is 10.5 Å². The van der Waals surface area contributed by atoms with Crippen LogP contribution in [0, 0.1) is 6.92 Å². The van der Waals surface area contributed by atoms with Gasteiger partial charge in [0.05, 0.1) is 23.2 Å². The Kier molecular flexibility index (Phi) is 5.31. The zero-order chi connectivity index (χ0) is 22.0. The molecule has 0 saturated heterocycles. The third-order valence-corrected chi connectivity index (χ3v) is 4.62. The number of benzene rings is 2. The Bertz CT molecular complexity index is 1180. The van der Waals surface area contributed by atoms with Crippen LogP contribution in [0.4, 0.5) is 5.82 Å². The van der Waals surface area contributed by atoms with Crippen LogP contribution in [0.1, 0.15) is 42.4 Å². The van der Waals surface area contributed by atoms with Gasteiger partial charge in [-0.2, -0.15) is 0 Å². The monoisotopic (exact) mass is 419 g/mol. The first-order chi connectivity index (χ1) is 14.9. The van der Waals surface area contributed by atoms with Gasteiger partial charge in [0.25, 0.3) is 17.7 Å². The molecule has 3 amide bonds. The van der Waals surface area contributed by atoms with Gasteiger partial charge in [-0.25, -0.2) is 4.79 Å². The number of aromatic nitrogens is 1. The van der Waals surface area contributed by atoms with Gasteiger partial charge < -0.3 is 14.6 Å². The first-order valence-corrected chi connectivity index (χ1v) is 9.37. The predicted octanol–water partition coefficient (Wildman–Crippen LogP) is 2.57. The van der Waals surface area contributed by atoms with Crippen LogP contribution in [0.5, 0.6) is 0 Å². The zero-order valence-corrected chi connectivity index (χ0v) is 16.5.